The molecule has 0 aliphatic carbocycles. The molecule has 0 spiro atoms. The van der Waals surface area contributed by atoms with E-state index in [1.54, 1.807) is 18.4 Å². The summed E-state index contributed by atoms with van der Waals surface area (Å²) in [6.45, 7) is 6.61. The Hall–Kier alpha value is -2.67. The Balaban J connectivity index is 1.46. The maximum Gasteiger partial charge on any atom is 0.191 e. The highest BCUT2D eigenvalue weighted by molar-refractivity contribution is 7.09. The number of nitrogens with one attached hydrogen (secondary N) is 2. The molecule has 2 N–H and O–H groups in total. The van der Waals surface area contributed by atoms with Crippen molar-refractivity contribution in [3.8, 4) is 0 Å². The molecule has 2 aromatic heterocycles. The Labute approximate surface area is 170 Å². The lowest BCUT2D eigenvalue weighted by atomic mass is 10.2. The van der Waals surface area contributed by atoms with Crippen LogP contribution in [0.5, 0.6) is 0 Å². The zero-order valence-electron chi connectivity index (χ0n) is 16.7. The van der Waals surface area contributed by atoms with E-state index in [1.165, 1.54) is 5.56 Å². The molecule has 0 unspecified atom stereocenters. The fourth-order valence-corrected chi connectivity index (χ4v) is 3.73. The van der Waals surface area contributed by atoms with Gasteiger partial charge in [0.25, 0.3) is 0 Å². The lowest BCUT2D eigenvalue weighted by molar-refractivity contribution is 0.693. The quantitative estimate of drug-likeness (QED) is 0.452. The summed E-state index contributed by atoms with van der Waals surface area (Å²) in [5.74, 6) is 2.30. The standard InChI is InChI=1S/C21H28N6S/c1-16(2)18-15-28-20(26-18)13-25-21(22-3)24-10-9-19-23-11-12-27(19)14-17-7-5-4-6-8-17/h4-8,11-12,15-16H,9-10,13-14H2,1-3H3,(H2,22,24,25). The van der Waals surface area contributed by atoms with Gasteiger partial charge in [0.15, 0.2) is 5.96 Å². The minimum Gasteiger partial charge on any atom is -0.356 e. The lowest BCUT2D eigenvalue weighted by Crippen LogP contribution is -2.38. The van der Waals surface area contributed by atoms with E-state index in [-0.39, 0.29) is 0 Å². The van der Waals surface area contributed by atoms with Gasteiger partial charge in [-0.3, -0.25) is 4.99 Å². The SMILES string of the molecule is CN=C(NCCc1nccn1Cc1ccccc1)NCc1nc(C(C)C)cs1. The van der Waals surface area contributed by atoms with Crippen molar-refractivity contribution in [2.24, 2.45) is 4.99 Å². The molecule has 0 atom stereocenters. The first-order valence-corrected chi connectivity index (χ1v) is 10.5. The van der Waals surface area contributed by atoms with Gasteiger partial charge in [-0.2, -0.15) is 0 Å². The van der Waals surface area contributed by atoms with Crippen LogP contribution in [0.4, 0.5) is 0 Å². The molecule has 3 rings (SSSR count). The molecule has 28 heavy (non-hydrogen) atoms. The van der Waals surface area contributed by atoms with Gasteiger partial charge >= 0.3 is 0 Å². The summed E-state index contributed by atoms with van der Waals surface area (Å²) in [5.41, 5.74) is 2.42. The fourth-order valence-electron chi connectivity index (χ4n) is 2.84. The molecule has 0 fully saturated rings. The van der Waals surface area contributed by atoms with Gasteiger partial charge in [-0.1, -0.05) is 44.2 Å². The topological polar surface area (TPSA) is 67.1 Å². The first kappa shape index (κ1) is 20.1. The molecule has 0 amide bonds. The second-order valence-electron chi connectivity index (χ2n) is 6.88. The molecular formula is C21H28N6S. The van der Waals surface area contributed by atoms with E-state index in [2.05, 4.69) is 73.7 Å². The van der Waals surface area contributed by atoms with Crippen molar-refractivity contribution in [1.29, 1.82) is 0 Å². The van der Waals surface area contributed by atoms with E-state index in [4.69, 9.17) is 0 Å². The second kappa shape index (κ2) is 10.0. The lowest BCUT2D eigenvalue weighted by Gasteiger charge is -2.12. The maximum absolute atomic E-state index is 4.65. The molecule has 0 saturated heterocycles. The third-order valence-electron chi connectivity index (χ3n) is 4.43. The highest BCUT2D eigenvalue weighted by atomic mass is 32.1. The molecule has 0 radical (unpaired) electrons. The highest BCUT2D eigenvalue weighted by Gasteiger charge is 2.07. The van der Waals surface area contributed by atoms with Crippen LogP contribution in [0, 0.1) is 0 Å². The average Bonchev–Trinajstić information content (AvgIpc) is 3.35. The Kier molecular flexibility index (Phi) is 7.19. The number of guanidine groups is 1. The number of rotatable bonds is 8. The van der Waals surface area contributed by atoms with Crippen LogP contribution in [0.25, 0.3) is 0 Å². The number of aliphatic imine (C=N–C) groups is 1. The molecule has 148 valence electrons. The number of aromatic nitrogens is 3. The molecule has 0 saturated carbocycles. The minimum atomic E-state index is 0.460. The first-order valence-electron chi connectivity index (χ1n) is 9.58. The molecule has 0 aliphatic heterocycles. The zero-order valence-corrected chi connectivity index (χ0v) is 17.5. The van der Waals surface area contributed by atoms with Gasteiger partial charge in [0.05, 0.1) is 12.2 Å². The van der Waals surface area contributed by atoms with Crippen LogP contribution in [0.3, 0.4) is 0 Å². The number of thiazole rings is 1. The summed E-state index contributed by atoms with van der Waals surface area (Å²) in [6, 6.07) is 10.4. The molecular weight excluding hydrogens is 368 g/mol. The molecule has 3 aromatic rings. The Bertz CT molecular complexity index is 881. The van der Waals surface area contributed by atoms with Gasteiger partial charge in [0.2, 0.25) is 0 Å². The summed E-state index contributed by atoms with van der Waals surface area (Å²) >= 11 is 1.69. The predicted octanol–water partition coefficient (Wildman–Crippen LogP) is 3.42. The summed E-state index contributed by atoms with van der Waals surface area (Å²) in [5, 5.41) is 9.90. The van der Waals surface area contributed by atoms with Gasteiger partial charge in [-0.15, -0.1) is 11.3 Å². The Morgan fingerprint density at radius 2 is 2.04 bits per heavy atom. The molecule has 0 bridgehead atoms. The summed E-state index contributed by atoms with van der Waals surface area (Å²) < 4.78 is 2.19. The highest BCUT2D eigenvalue weighted by Crippen LogP contribution is 2.17. The first-order chi connectivity index (χ1) is 13.7. The summed E-state index contributed by atoms with van der Waals surface area (Å²) in [7, 11) is 1.78. The third kappa shape index (κ3) is 5.66. The third-order valence-corrected chi connectivity index (χ3v) is 5.30. The van der Waals surface area contributed by atoms with Crippen LogP contribution in [0.15, 0.2) is 53.1 Å². The van der Waals surface area contributed by atoms with Crippen molar-refractivity contribution < 1.29 is 0 Å². The molecule has 2 heterocycles. The minimum absolute atomic E-state index is 0.460. The fraction of sp³-hybridized carbons (Fsp3) is 0.381. The maximum atomic E-state index is 4.65. The normalized spacial score (nSPS) is 11.8. The van der Waals surface area contributed by atoms with E-state index in [0.29, 0.717) is 12.5 Å². The Morgan fingerprint density at radius 1 is 1.21 bits per heavy atom. The van der Waals surface area contributed by atoms with Gasteiger partial charge < -0.3 is 15.2 Å². The van der Waals surface area contributed by atoms with E-state index in [0.717, 1.165) is 42.0 Å². The van der Waals surface area contributed by atoms with Crippen molar-refractivity contribution in [2.45, 2.75) is 39.3 Å². The average molecular weight is 397 g/mol. The summed E-state index contributed by atoms with van der Waals surface area (Å²) in [6.07, 6.45) is 4.72. The Morgan fingerprint density at radius 3 is 2.75 bits per heavy atom. The number of benzene rings is 1. The zero-order chi connectivity index (χ0) is 19.8. The van der Waals surface area contributed by atoms with Gasteiger partial charge in [-0.05, 0) is 11.5 Å². The number of hydrogen-bond acceptors (Lipinski definition) is 4. The van der Waals surface area contributed by atoms with E-state index < -0.39 is 0 Å². The van der Waals surface area contributed by atoms with E-state index in [9.17, 15) is 0 Å². The molecule has 7 heteroatoms. The molecule has 1 aromatic carbocycles. The molecule has 0 aliphatic rings. The number of imidazole rings is 1. The summed E-state index contributed by atoms with van der Waals surface area (Å²) in [4.78, 5) is 13.4. The van der Waals surface area contributed by atoms with Gasteiger partial charge in [0, 0.05) is 44.3 Å². The largest absolute Gasteiger partial charge is 0.356 e. The van der Waals surface area contributed by atoms with Crippen molar-refractivity contribution in [3.63, 3.8) is 0 Å². The van der Waals surface area contributed by atoms with Crippen LogP contribution in [-0.2, 0) is 19.5 Å². The second-order valence-corrected chi connectivity index (χ2v) is 7.82. The van der Waals surface area contributed by atoms with Crippen LogP contribution >= 0.6 is 11.3 Å². The van der Waals surface area contributed by atoms with Crippen LogP contribution in [0.1, 0.15) is 41.9 Å². The van der Waals surface area contributed by atoms with Crippen LogP contribution in [0.2, 0.25) is 0 Å². The van der Waals surface area contributed by atoms with E-state index in [1.807, 2.05) is 18.5 Å². The van der Waals surface area contributed by atoms with Gasteiger partial charge in [0.1, 0.15) is 10.8 Å². The smallest absolute Gasteiger partial charge is 0.191 e. The van der Waals surface area contributed by atoms with Crippen molar-refractivity contribution in [1.82, 2.24) is 25.2 Å². The predicted molar refractivity (Wildman–Crippen MR) is 116 cm³/mol. The monoisotopic (exact) mass is 396 g/mol. The van der Waals surface area contributed by atoms with Crippen molar-refractivity contribution >= 4 is 17.3 Å². The molecule has 6 nitrogen and oxygen atoms in total. The van der Waals surface area contributed by atoms with Crippen LogP contribution in [-0.4, -0.2) is 34.1 Å². The number of hydrogen-bond donors (Lipinski definition) is 2. The van der Waals surface area contributed by atoms with E-state index >= 15 is 0 Å². The van der Waals surface area contributed by atoms with Crippen LogP contribution < -0.4 is 10.6 Å². The van der Waals surface area contributed by atoms with Crippen molar-refractivity contribution in [2.75, 3.05) is 13.6 Å². The number of nitrogens with zero attached hydrogens (tertiary/aromatic N) is 4. The van der Waals surface area contributed by atoms with Gasteiger partial charge in [-0.25, -0.2) is 9.97 Å². The van der Waals surface area contributed by atoms with Crippen molar-refractivity contribution in [3.05, 3.63) is 70.2 Å².